The minimum Gasteiger partial charge on any atom is -0.322 e. The number of nitrogens with zero attached hydrogens (tertiary/aromatic N) is 3. The van der Waals surface area contributed by atoms with Gasteiger partial charge < -0.3 is 5.32 Å². The molecule has 9 nitrogen and oxygen atoms in total. The van der Waals surface area contributed by atoms with Crippen LogP contribution in [0.25, 0.3) is 11.3 Å². The third kappa shape index (κ3) is 3.96. The summed E-state index contributed by atoms with van der Waals surface area (Å²) in [5.74, 6) is -0.733. The van der Waals surface area contributed by atoms with Crippen LogP contribution in [0.4, 0.5) is 17.1 Å². The number of benzene rings is 2. The van der Waals surface area contributed by atoms with Crippen LogP contribution in [0.5, 0.6) is 0 Å². The topological polar surface area (TPSA) is 128 Å². The van der Waals surface area contributed by atoms with E-state index in [0.29, 0.717) is 5.69 Å². The van der Waals surface area contributed by atoms with E-state index < -0.39 is 27.1 Å². The van der Waals surface area contributed by atoms with Crippen LogP contribution in [0, 0.1) is 27.2 Å². The first-order valence-electron chi connectivity index (χ1n) is 7.62. The summed E-state index contributed by atoms with van der Waals surface area (Å²) in [4.78, 5) is 37.3. The van der Waals surface area contributed by atoms with Gasteiger partial charge in [0.15, 0.2) is 0 Å². The van der Waals surface area contributed by atoms with Crippen molar-refractivity contribution in [3.8, 4) is 11.3 Å². The Morgan fingerprint density at radius 3 is 2.52 bits per heavy atom. The van der Waals surface area contributed by atoms with Gasteiger partial charge >= 0.3 is 0 Å². The summed E-state index contributed by atoms with van der Waals surface area (Å²) in [5.41, 5.74) is 0.619. The molecule has 0 bridgehead atoms. The number of carbonyl (C=O) groups is 1. The van der Waals surface area contributed by atoms with Gasteiger partial charge in [-0.15, -0.1) is 11.3 Å². The number of hydrogen-bond acceptors (Lipinski definition) is 7. The summed E-state index contributed by atoms with van der Waals surface area (Å²) in [6.45, 7) is 1.88. The molecule has 0 unspecified atom stereocenters. The number of thiazole rings is 1. The van der Waals surface area contributed by atoms with Gasteiger partial charge in [0.2, 0.25) is 0 Å². The van der Waals surface area contributed by atoms with E-state index in [9.17, 15) is 25.0 Å². The second-order valence-electron chi connectivity index (χ2n) is 5.50. The second-order valence-corrected chi connectivity index (χ2v) is 6.56. The lowest BCUT2D eigenvalue weighted by Gasteiger charge is -2.07. The number of aromatic nitrogens is 1. The highest BCUT2D eigenvalue weighted by Gasteiger charge is 2.24. The van der Waals surface area contributed by atoms with Crippen molar-refractivity contribution >= 4 is 34.3 Å². The fourth-order valence-corrected chi connectivity index (χ4v) is 3.05. The van der Waals surface area contributed by atoms with Gasteiger partial charge in [-0.2, -0.15) is 0 Å². The van der Waals surface area contributed by atoms with Gasteiger partial charge in [-0.05, 0) is 25.1 Å². The largest absolute Gasteiger partial charge is 0.322 e. The molecule has 0 saturated carbocycles. The van der Waals surface area contributed by atoms with Gasteiger partial charge in [0, 0.05) is 22.7 Å². The monoisotopic (exact) mass is 384 g/mol. The van der Waals surface area contributed by atoms with Gasteiger partial charge in [-0.1, -0.05) is 12.1 Å². The molecule has 27 heavy (non-hydrogen) atoms. The Hall–Kier alpha value is -3.66. The van der Waals surface area contributed by atoms with Gasteiger partial charge in [-0.3, -0.25) is 25.0 Å². The van der Waals surface area contributed by atoms with E-state index in [2.05, 4.69) is 10.3 Å². The maximum absolute atomic E-state index is 12.5. The fraction of sp³-hybridized carbons (Fsp3) is 0.0588. The fourth-order valence-electron chi connectivity index (χ4n) is 2.43. The quantitative estimate of drug-likeness (QED) is 0.519. The Balaban J connectivity index is 1.90. The Labute approximate surface area is 156 Å². The van der Waals surface area contributed by atoms with Crippen LogP contribution in [-0.4, -0.2) is 20.7 Å². The van der Waals surface area contributed by atoms with Crippen molar-refractivity contribution in [2.24, 2.45) is 0 Å². The number of nitro groups is 2. The Bertz CT molecular complexity index is 1060. The van der Waals surface area contributed by atoms with Crippen molar-refractivity contribution in [1.82, 2.24) is 4.98 Å². The number of nitrogens with one attached hydrogen (secondary N) is 1. The zero-order valence-electron chi connectivity index (χ0n) is 13.9. The van der Waals surface area contributed by atoms with Gasteiger partial charge in [0.05, 0.1) is 26.6 Å². The molecule has 0 aliphatic rings. The highest BCUT2D eigenvalue weighted by molar-refractivity contribution is 7.09. The molecule has 0 aliphatic carbocycles. The molecule has 1 N–H and O–H groups in total. The zero-order chi connectivity index (χ0) is 19.6. The molecule has 10 heteroatoms. The predicted octanol–water partition coefficient (Wildman–Crippen LogP) is 4.19. The molecular formula is C17H12N4O5S. The van der Waals surface area contributed by atoms with E-state index in [1.807, 2.05) is 18.4 Å². The minimum absolute atomic E-state index is 0.263. The van der Waals surface area contributed by atoms with Crippen LogP contribution >= 0.6 is 11.3 Å². The molecule has 0 radical (unpaired) electrons. The standard InChI is InChI=1S/C17H12N4O5S/c1-10-18-15(9-27-10)11-3-2-4-12(7-11)19-17(22)14-6-5-13(20(23)24)8-16(14)21(25)26/h2-9H,1H3,(H,19,22). The summed E-state index contributed by atoms with van der Waals surface area (Å²) in [5, 5.41) is 27.4. The SMILES string of the molecule is Cc1nc(-c2cccc(NC(=O)c3ccc([N+](=O)[O-])cc3[N+](=O)[O-])c2)cs1. The van der Waals surface area contributed by atoms with Crippen molar-refractivity contribution < 1.29 is 14.6 Å². The number of non-ortho nitro benzene ring substituents is 1. The van der Waals surface area contributed by atoms with Crippen LogP contribution in [-0.2, 0) is 0 Å². The van der Waals surface area contributed by atoms with Crippen molar-refractivity contribution in [2.45, 2.75) is 6.92 Å². The summed E-state index contributed by atoms with van der Waals surface area (Å²) < 4.78 is 0. The Kier molecular flexibility index (Phi) is 4.90. The molecule has 1 amide bonds. The molecule has 0 atom stereocenters. The summed E-state index contributed by atoms with van der Waals surface area (Å²) >= 11 is 1.50. The average molecular weight is 384 g/mol. The normalized spacial score (nSPS) is 10.4. The predicted molar refractivity (Wildman–Crippen MR) is 100.0 cm³/mol. The van der Waals surface area contributed by atoms with E-state index >= 15 is 0 Å². The van der Waals surface area contributed by atoms with E-state index in [1.54, 1.807) is 18.2 Å². The van der Waals surface area contributed by atoms with E-state index in [1.165, 1.54) is 11.3 Å². The number of hydrogen-bond donors (Lipinski definition) is 1. The first-order valence-corrected chi connectivity index (χ1v) is 8.50. The number of rotatable bonds is 5. The molecule has 1 heterocycles. The lowest BCUT2D eigenvalue weighted by molar-refractivity contribution is -0.394. The first kappa shape index (κ1) is 18.1. The van der Waals surface area contributed by atoms with E-state index in [-0.39, 0.29) is 5.56 Å². The molecule has 3 aromatic rings. The van der Waals surface area contributed by atoms with Crippen molar-refractivity contribution in [2.75, 3.05) is 5.32 Å². The molecular weight excluding hydrogens is 372 g/mol. The third-order valence-electron chi connectivity index (χ3n) is 3.67. The lowest BCUT2D eigenvalue weighted by Crippen LogP contribution is -2.14. The maximum atomic E-state index is 12.5. The van der Waals surface area contributed by atoms with Crippen molar-refractivity contribution in [3.63, 3.8) is 0 Å². The van der Waals surface area contributed by atoms with Crippen LogP contribution in [0.1, 0.15) is 15.4 Å². The van der Waals surface area contributed by atoms with E-state index in [4.69, 9.17) is 0 Å². The second kappa shape index (κ2) is 7.30. The highest BCUT2D eigenvalue weighted by Crippen LogP contribution is 2.27. The van der Waals surface area contributed by atoms with Crippen molar-refractivity contribution in [1.29, 1.82) is 0 Å². The molecule has 0 aliphatic heterocycles. The average Bonchev–Trinajstić information content (AvgIpc) is 3.07. The molecule has 0 spiro atoms. The van der Waals surface area contributed by atoms with Crippen LogP contribution in [0.3, 0.4) is 0 Å². The van der Waals surface area contributed by atoms with Gasteiger partial charge in [0.25, 0.3) is 17.3 Å². The first-order chi connectivity index (χ1) is 12.8. The van der Waals surface area contributed by atoms with Crippen LogP contribution in [0.2, 0.25) is 0 Å². The van der Waals surface area contributed by atoms with Crippen LogP contribution in [0.15, 0.2) is 47.8 Å². The van der Waals surface area contributed by atoms with E-state index in [0.717, 1.165) is 34.5 Å². The zero-order valence-corrected chi connectivity index (χ0v) is 14.7. The summed E-state index contributed by atoms with van der Waals surface area (Å²) in [6.07, 6.45) is 0. The Morgan fingerprint density at radius 2 is 1.89 bits per heavy atom. The highest BCUT2D eigenvalue weighted by atomic mass is 32.1. The smallest absolute Gasteiger partial charge is 0.289 e. The molecule has 2 aromatic carbocycles. The molecule has 1 aromatic heterocycles. The maximum Gasteiger partial charge on any atom is 0.289 e. The number of anilines is 1. The third-order valence-corrected chi connectivity index (χ3v) is 4.44. The van der Waals surface area contributed by atoms with Gasteiger partial charge in [0.1, 0.15) is 5.56 Å². The summed E-state index contributed by atoms with van der Waals surface area (Å²) in [6, 6.07) is 9.78. The lowest BCUT2D eigenvalue weighted by atomic mass is 10.1. The molecule has 136 valence electrons. The van der Waals surface area contributed by atoms with Crippen molar-refractivity contribution in [3.05, 3.63) is 78.6 Å². The minimum atomic E-state index is -0.823. The van der Waals surface area contributed by atoms with Gasteiger partial charge in [-0.25, -0.2) is 4.98 Å². The Morgan fingerprint density at radius 1 is 1.11 bits per heavy atom. The molecule has 3 rings (SSSR count). The number of carbonyl (C=O) groups excluding carboxylic acids is 1. The molecule has 0 saturated heterocycles. The van der Waals surface area contributed by atoms with Crippen LogP contribution < -0.4 is 5.32 Å². The summed E-state index contributed by atoms with van der Waals surface area (Å²) in [7, 11) is 0. The molecule has 0 fully saturated rings. The number of nitro benzene ring substituents is 2. The number of amides is 1. The number of aryl methyl sites for hydroxylation is 1.